The maximum absolute atomic E-state index is 13.4. The van der Waals surface area contributed by atoms with Crippen LogP contribution in [0.5, 0.6) is 5.75 Å². The number of carbonyl (C=O) groups is 2. The number of aromatic nitrogens is 1. The molecule has 2 N–H and O–H groups in total. The SMILES string of the molecule is Cc1ccc2[nH]c(C(=O)NN=Cc3cc(Br)cc(Br)c3OC(=O)c3ccc(Cl)cc3Cl)c(-c3ccccc3Cl)c2c1. The molecule has 0 aliphatic carbocycles. The average molecular weight is 735 g/mol. The number of aromatic amines is 1. The first-order valence-electron chi connectivity index (χ1n) is 12.0. The van der Waals surface area contributed by atoms with Crippen molar-refractivity contribution in [2.45, 2.75) is 6.92 Å². The summed E-state index contributed by atoms with van der Waals surface area (Å²) in [6.07, 6.45) is 1.38. The minimum Gasteiger partial charge on any atom is -0.421 e. The van der Waals surface area contributed by atoms with E-state index in [1.165, 1.54) is 18.3 Å². The zero-order valence-corrected chi connectivity index (χ0v) is 26.5. The summed E-state index contributed by atoms with van der Waals surface area (Å²) >= 11 is 25.5. The lowest BCUT2D eigenvalue weighted by atomic mass is 10.0. The van der Waals surface area contributed by atoms with Crippen LogP contribution in [-0.2, 0) is 0 Å². The summed E-state index contributed by atoms with van der Waals surface area (Å²) in [4.78, 5) is 29.5. The molecule has 0 spiro atoms. The van der Waals surface area contributed by atoms with Gasteiger partial charge in [0.15, 0.2) is 5.75 Å². The van der Waals surface area contributed by atoms with E-state index < -0.39 is 11.9 Å². The van der Waals surface area contributed by atoms with Gasteiger partial charge >= 0.3 is 5.97 Å². The van der Waals surface area contributed by atoms with Crippen molar-refractivity contribution < 1.29 is 14.3 Å². The predicted molar refractivity (Wildman–Crippen MR) is 172 cm³/mol. The van der Waals surface area contributed by atoms with Crippen LogP contribution < -0.4 is 10.2 Å². The molecular formula is C30H18Br2Cl3N3O3. The van der Waals surface area contributed by atoms with Crippen LogP contribution in [0.25, 0.3) is 22.0 Å². The molecule has 0 aliphatic rings. The molecule has 6 nitrogen and oxygen atoms in total. The number of nitrogens with one attached hydrogen (secondary N) is 2. The van der Waals surface area contributed by atoms with Gasteiger partial charge in [0.2, 0.25) is 0 Å². The Hall–Kier alpha value is -3.14. The Morgan fingerprint density at radius 2 is 1.73 bits per heavy atom. The molecule has 5 aromatic rings. The first kappa shape index (κ1) is 29.4. The van der Waals surface area contributed by atoms with Gasteiger partial charge in [-0.2, -0.15) is 5.10 Å². The van der Waals surface area contributed by atoms with Crippen LogP contribution in [0.2, 0.25) is 15.1 Å². The lowest BCUT2D eigenvalue weighted by Crippen LogP contribution is -2.19. The minimum atomic E-state index is -0.689. The summed E-state index contributed by atoms with van der Waals surface area (Å²) in [5, 5.41) is 6.08. The molecule has 1 aromatic heterocycles. The predicted octanol–water partition coefficient (Wildman–Crippen LogP) is 9.61. The first-order valence-corrected chi connectivity index (χ1v) is 14.7. The number of halogens is 5. The molecule has 0 radical (unpaired) electrons. The molecule has 0 fully saturated rings. The number of benzene rings is 4. The molecule has 206 valence electrons. The molecule has 4 aromatic carbocycles. The van der Waals surface area contributed by atoms with Crippen LogP contribution >= 0.6 is 66.7 Å². The van der Waals surface area contributed by atoms with Crippen molar-refractivity contribution in [3.05, 3.63) is 119 Å². The summed E-state index contributed by atoms with van der Waals surface area (Å²) in [5.74, 6) is -0.989. The number of amides is 1. The van der Waals surface area contributed by atoms with E-state index >= 15 is 0 Å². The number of hydrogen-bond acceptors (Lipinski definition) is 4. The van der Waals surface area contributed by atoms with E-state index in [1.54, 1.807) is 24.3 Å². The number of carbonyl (C=O) groups excluding carboxylic acids is 2. The second-order valence-corrected chi connectivity index (χ2v) is 11.9. The molecule has 0 aliphatic heterocycles. The lowest BCUT2D eigenvalue weighted by Gasteiger charge is -2.11. The number of fused-ring (bicyclic) bond motifs is 1. The highest BCUT2D eigenvalue weighted by Crippen LogP contribution is 2.37. The van der Waals surface area contributed by atoms with Gasteiger partial charge in [0.1, 0.15) is 5.69 Å². The number of esters is 1. The Balaban J connectivity index is 1.46. The quantitative estimate of drug-likeness (QED) is 0.0789. The maximum atomic E-state index is 13.4. The van der Waals surface area contributed by atoms with Crippen LogP contribution in [-0.4, -0.2) is 23.1 Å². The number of hydrogen-bond donors (Lipinski definition) is 2. The summed E-state index contributed by atoms with van der Waals surface area (Å²) in [5.41, 5.74) is 6.62. The summed E-state index contributed by atoms with van der Waals surface area (Å²) in [6.45, 7) is 1.98. The van der Waals surface area contributed by atoms with Crippen molar-refractivity contribution in [2.75, 3.05) is 0 Å². The molecule has 1 amide bonds. The van der Waals surface area contributed by atoms with Crippen LogP contribution in [0.3, 0.4) is 0 Å². The van der Waals surface area contributed by atoms with Gasteiger partial charge in [0.25, 0.3) is 5.91 Å². The normalized spacial score (nSPS) is 11.3. The van der Waals surface area contributed by atoms with Crippen molar-refractivity contribution in [2.24, 2.45) is 5.10 Å². The molecule has 11 heteroatoms. The molecule has 5 rings (SSSR count). The molecule has 0 saturated heterocycles. The Bertz CT molecular complexity index is 1870. The lowest BCUT2D eigenvalue weighted by molar-refractivity contribution is 0.0733. The molecule has 0 bridgehead atoms. The van der Waals surface area contributed by atoms with Gasteiger partial charge in [-0.15, -0.1) is 0 Å². The van der Waals surface area contributed by atoms with Crippen molar-refractivity contribution in [3.8, 4) is 16.9 Å². The summed E-state index contributed by atoms with van der Waals surface area (Å²) in [7, 11) is 0. The Labute approximate surface area is 266 Å². The average Bonchev–Trinajstić information content (AvgIpc) is 3.29. The van der Waals surface area contributed by atoms with Crippen LogP contribution in [0.15, 0.2) is 86.8 Å². The van der Waals surface area contributed by atoms with Gasteiger partial charge in [-0.05, 0) is 71.4 Å². The fourth-order valence-electron chi connectivity index (χ4n) is 4.22. The highest BCUT2D eigenvalue weighted by Gasteiger charge is 2.21. The van der Waals surface area contributed by atoms with E-state index in [9.17, 15) is 9.59 Å². The summed E-state index contributed by atoms with van der Waals surface area (Å²) < 4.78 is 6.83. The third-order valence-electron chi connectivity index (χ3n) is 6.08. The third kappa shape index (κ3) is 6.37. The fourth-order valence-corrected chi connectivity index (χ4v) is 6.28. The van der Waals surface area contributed by atoms with Crippen LogP contribution in [0, 0.1) is 6.92 Å². The van der Waals surface area contributed by atoms with Gasteiger partial charge in [0.05, 0.1) is 21.3 Å². The maximum Gasteiger partial charge on any atom is 0.345 e. The number of hydrazone groups is 1. The zero-order valence-electron chi connectivity index (χ0n) is 21.1. The number of rotatable bonds is 6. The largest absolute Gasteiger partial charge is 0.421 e. The zero-order chi connectivity index (χ0) is 29.3. The van der Waals surface area contributed by atoms with Gasteiger partial charge in [-0.3, -0.25) is 4.79 Å². The third-order valence-corrected chi connectivity index (χ3v) is 8.00. The van der Waals surface area contributed by atoms with Gasteiger partial charge in [0, 0.05) is 42.1 Å². The van der Waals surface area contributed by atoms with E-state index in [0.717, 1.165) is 16.5 Å². The Morgan fingerprint density at radius 1 is 0.951 bits per heavy atom. The second-order valence-electron chi connectivity index (χ2n) is 8.92. The van der Waals surface area contributed by atoms with E-state index in [4.69, 9.17) is 39.5 Å². The topological polar surface area (TPSA) is 83.6 Å². The van der Waals surface area contributed by atoms with Crippen molar-refractivity contribution in [1.29, 1.82) is 0 Å². The van der Waals surface area contributed by atoms with Gasteiger partial charge in [-0.1, -0.05) is 80.6 Å². The van der Waals surface area contributed by atoms with Crippen molar-refractivity contribution >= 4 is 95.7 Å². The highest BCUT2D eigenvalue weighted by molar-refractivity contribution is 9.11. The Morgan fingerprint density at radius 3 is 2.49 bits per heavy atom. The monoisotopic (exact) mass is 731 g/mol. The molecule has 0 saturated carbocycles. The highest BCUT2D eigenvalue weighted by atomic mass is 79.9. The van der Waals surface area contributed by atoms with Gasteiger partial charge < -0.3 is 9.72 Å². The van der Waals surface area contributed by atoms with E-state index in [1.807, 2.05) is 43.3 Å². The first-order chi connectivity index (χ1) is 19.6. The van der Waals surface area contributed by atoms with E-state index in [0.29, 0.717) is 41.4 Å². The smallest absolute Gasteiger partial charge is 0.345 e. The second kappa shape index (κ2) is 12.4. The number of aryl methyl sites for hydroxylation is 1. The molecule has 41 heavy (non-hydrogen) atoms. The van der Waals surface area contributed by atoms with E-state index in [2.05, 4.69) is 47.4 Å². The number of ether oxygens (including phenoxy) is 1. The minimum absolute atomic E-state index is 0.142. The van der Waals surface area contributed by atoms with E-state index in [-0.39, 0.29) is 16.3 Å². The fraction of sp³-hybridized carbons (Fsp3) is 0.0333. The molecule has 0 unspecified atom stereocenters. The molecule has 1 heterocycles. The molecular weight excluding hydrogens is 717 g/mol. The van der Waals surface area contributed by atoms with Crippen LogP contribution in [0.4, 0.5) is 0 Å². The standard InChI is InChI=1S/C30H18Br2Cl3N3O3/c1-15-6-9-25-21(10-15)26(19-4-2-3-5-23(19)34)27(37-25)29(39)38-36-14-16-11-17(31)12-22(32)28(16)41-30(40)20-8-7-18(33)13-24(20)35/h2-14,37H,1H3,(H,38,39). The summed E-state index contributed by atoms with van der Waals surface area (Å²) in [6, 6.07) is 21.1. The number of H-pyrrole nitrogens is 1. The van der Waals surface area contributed by atoms with Crippen molar-refractivity contribution in [1.82, 2.24) is 10.4 Å². The number of nitrogens with zero attached hydrogens (tertiary/aromatic N) is 1. The van der Waals surface area contributed by atoms with Crippen LogP contribution in [0.1, 0.15) is 32.0 Å². The molecule has 0 atom stereocenters. The van der Waals surface area contributed by atoms with Crippen molar-refractivity contribution in [3.63, 3.8) is 0 Å². The Kier molecular flexibility index (Phi) is 8.87. The van der Waals surface area contributed by atoms with Gasteiger partial charge in [-0.25, -0.2) is 10.2 Å².